The average Bonchev–Trinajstić information content (AvgIpc) is 2.46. The smallest absolute Gasteiger partial charge is 0.200 e. The Hall–Kier alpha value is -2.56. The number of hydrogen-bond donors (Lipinski definition) is 0. The van der Waals surface area contributed by atoms with E-state index in [0.717, 1.165) is 12.3 Å². The molecule has 0 aliphatic carbocycles. The highest BCUT2D eigenvalue weighted by Crippen LogP contribution is 2.31. The Balaban J connectivity index is 2.71. The van der Waals surface area contributed by atoms with Crippen molar-refractivity contribution in [2.24, 2.45) is 0 Å². The molecule has 2 rings (SSSR count). The van der Waals surface area contributed by atoms with Gasteiger partial charge in [0, 0.05) is 6.20 Å². The SMILES string of the molecule is N#CCc1cnc(-c2c(F)c(F)c(F)c(F)c2F)c(F)c1. The Kier molecular flexibility index (Phi) is 3.84. The second-order valence-corrected chi connectivity index (χ2v) is 3.95. The van der Waals surface area contributed by atoms with Crippen LogP contribution in [0.3, 0.4) is 0 Å². The van der Waals surface area contributed by atoms with Gasteiger partial charge in [0.15, 0.2) is 23.3 Å². The lowest BCUT2D eigenvalue weighted by atomic mass is 10.1. The van der Waals surface area contributed by atoms with Crippen LogP contribution in [0.5, 0.6) is 0 Å². The third kappa shape index (κ3) is 2.42. The third-order valence-corrected chi connectivity index (χ3v) is 2.63. The Bertz CT molecular complexity index is 737. The molecule has 0 aliphatic rings. The summed E-state index contributed by atoms with van der Waals surface area (Å²) in [5.74, 6) is -12.4. The third-order valence-electron chi connectivity index (χ3n) is 2.63. The van der Waals surface area contributed by atoms with Crippen LogP contribution in [0.25, 0.3) is 11.3 Å². The predicted octanol–water partition coefficient (Wildman–Crippen LogP) is 3.65. The van der Waals surface area contributed by atoms with Gasteiger partial charge in [0.25, 0.3) is 0 Å². The molecule has 0 amide bonds. The highest BCUT2D eigenvalue weighted by Gasteiger charge is 2.28. The van der Waals surface area contributed by atoms with E-state index >= 15 is 0 Å². The molecule has 1 aromatic heterocycles. The molecule has 0 saturated heterocycles. The molecule has 1 aromatic carbocycles. The zero-order valence-electron chi connectivity index (χ0n) is 10.0. The van der Waals surface area contributed by atoms with Gasteiger partial charge in [-0.3, -0.25) is 4.98 Å². The highest BCUT2D eigenvalue weighted by molar-refractivity contribution is 5.62. The van der Waals surface area contributed by atoms with Crippen molar-refractivity contribution < 1.29 is 26.3 Å². The summed E-state index contributed by atoms with van der Waals surface area (Å²) >= 11 is 0. The quantitative estimate of drug-likeness (QED) is 0.482. The van der Waals surface area contributed by atoms with E-state index in [1.807, 2.05) is 0 Å². The largest absolute Gasteiger partial charge is 0.253 e. The van der Waals surface area contributed by atoms with Crippen LogP contribution >= 0.6 is 0 Å². The molecule has 1 heterocycles. The molecule has 2 aromatic rings. The van der Waals surface area contributed by atoms with Crippen molar-refractivity contribution >= 4 is 0 Å². The molecule has 0 radical (unpaired) electrons. The van der Waals surface area contributed by atoms with Gasteiger partial charge >= 0.3 is 0 Å². The summed E-state index contributed by atoms with van der Waals surface area (Å²) in [5, 5.41) is 8.43. The van der Waals surface area contributed by atoms with Gasteiger partial charge in [-0.25, -0.2) is 26.3 Å². The summed E-state index contributed by atoms with van der Waals surface area (Å²) in [6.07, 6.45) is 0.695. The van der Waals surface area contributed by atoms with E-state index in [-0.39, 0.29) is 12.0 Å². The van der Waals surface area contributed by atoms with Gasteiger partial charge in [0.1, 0.15) is 11.5 Å². The molecular weight excluding hydrogens is 298 g/mol. The van der Waals surface area contributed by atoms with Crippen molar-refractivity contribution in [3.05, 3.63) is 52.7 Å². The molecule has 0 unspecified atom stereocenters. The molecule has 108 valence electrons. The molecule has 0 N–H and O–H groups in total. The lowest BCUT2D eigenvalue weighted by Crippen LogP contribution is -2.06. The summed E-state index contributed by atoms with van der Waals surface area (Å²) in [5.41, 5.74) is -2.38. The topological polar surface area (TPSA) is 36.7 Å². The summed E-state index contributed by atoms with van der Waals surface area (Å²) < 4.78 is 79.8. The summed E-state index contributed by atoms with van der Waals surface area (Å²) in [6.45, 7) is 0. The summed E-state index contributed by atoms with van der Waals surface area (Å²) in [6, 6.07) is 2.43. The first-order chi connectivity index (χ1) is 9.88. The maximum Gasteiger partial charge on any atom is 0.200 e. The van der Waals surface area contributed by atoms with Crippen molar-refractivity contribution in [1.82, 2.24) is 4.98 Å². The number of nitrogens with zero attached hydrogens (tertiary/aromatic N) is 2. The van der Waals surface area contributed by atoms with E-state index in [4.69, 9.17) is 5.26 Å². The van der Waals surface area contributed by atoms with Crippen LogP contribution in [0.2, 0.25) is 0 Å². The van der Waals surface area contributed by atoms with Crippen molar-refractivity contribution in [2.75, 3.05) is 0 Å². The number of hydrogen-bond acceptors (Lipinski definition) is 2. The first kappa shape index (κ1) is 14.8. The minimum atomic E-state index is -2.34. The van der Waals surface area contributed by atoms with Crippen molar-refractivity contribution in [3.63, 3.8) is 0 Å². The van der Waals surface area contributed by atoms with Crippen LogP contribution in [-0.4, -0.2) is 4.98 Å². The zero-order chi connectivity index (χ0) is 15.7. The highest BCUT2D eigenvalue weighted by atomic mass is 19.2. The first-order valence-electron chi connectivity index (χ1n) is 5.41. The van der Waals surface area contributed by atoms with Crippen molar-refractivity contribution in [1.29, 1.82) is 5.26 Å². The number of aromatic nitrogens is 1. The minimum absolute atomic E-state index is 0.0996. The maximum atomic E-state index is 13.7. The lowest BCUT2D eigenvalue weighted by molar-refractivity contribution is 0.380. The summed E-state index contributed by atoms with van der Waals surface area (Å²) in [4.78, 5) is 3.34. The van der Waals surface area contributed by atoms with Crippen LogP contribution in [-0.2, 0) is 6.42 Å². The molecule has 2 nitrogen and oxygen atoms in total. The standard InChI is InChI=1S/C13H4F6N2/c14-6-3-5(1-2-20)4-21-13(6)7-8(15)10(17)12(19)11(18)9(7)16/h3-4H,1H2. The van der Waals surface area contributed by atoms with Gasteiger partial charge in [0.05, 0.1) is 18.1 Å². The molecule has 0 aliphatic heterocycles. The van der Waals surface area contributed by atoms with Gasteiger partial charge in [-0.1, -0.05) is 0 Å². The molecular formula is C13H4F6N2. The number of pyridine rings is 1. The van der Waals surface area contributed by atoms with Crippen LogP contribution in [0, 0.1) is 46.2 Å². The van der Waals surface area contributed by atoms with Crippen LogP contribution in [0.4, 0.5) is 26.3 Å². The summed E-state index contributed by atoms with van der Waals surface area (Å²) in [7, 11) is 0. The van der Waals surface area contributed by atoms with Gasteiger partial charge in [-0.15, -0.1) is 0 Å². The van der Waals surface area contributed by atoms with E-state index in [1.54, 1.807) is 6.07 Å². The second kappa shape index (κ2) is 5.44. The van der Waals surface area contributed by atoms with Crippen molar-refractivity contribution in [2.45, 2.75) is 6.42 Å². The fraction of sp³-hybridized carbons (Fsp3) is 0.0769. The maximum absolute atomic E-state index is 13.7. The normalized spacial score (nSPS) is 10.5. The number of rotatable bonds is 2. The van der Waals surface area contributed by atoms with Gasteiger partial charge in [0.2, 0.25) is 5.82 Å². The van der Waals surface area contributed by atoms with Crippen LogP contribution in [0.15, 0.2) is 12.3 Å². The fourth-order valence-corrected chi connectivity index (χ4v) is 1.66. The Morgan fingerprint density at radius 2 is 1.43 bits per heavy atom. The molecule has 0 saturated carbocycles. The Labute approximate surface area is 114 Å². The second-order valence-electron chi connectivity index (χ2n) is 3.95. The van der Waals surface area contributed by atoms with Crippen LogP contribution < -0.4 is 0 Å². The molecule has 0 atom stereocenters. The fourth-order valence-electron chi connectivity index (χ4n) is 1.66. The van der Waals surface area contributed by atoms with E-state index in [2.05, 4.69) is 4.98 Å². The van der Waals surface area contributed by atoms with Gasteiger partial charge < -0.3 is 0 Å². The first-order valence-corrected chi connectivity index (χ1v) is 5.41. The molecule has 0 fully saturated rings. The van der Waals surface area contributed by atoms with Gasteiger partial charge in [-0.2, -0.15) is 5.26 Å². The average molecular weight is 302 g/mol. The molecule has 0 bridgehead atoms. The van der Waals surface area contributed by atoms with Gasteiger partial charge in [-0.05, 0) is 11.6 Å². The predicted molar refractivity (Wildman–Crippen MR) is 58.7 cm³/mol. The van der Waals surface area contributed by atoms with E-state index in [0.29, 0.717) is 0 Å². The number of halogens is 6. The number of benzene rings is 1. The Morgan fingerprint density at radius 3 is 1.90 bits per heavy atom. The Morgan fingerprint density at radius 1 is 0.905 bits per heavy atom. The van der Waals surface area contributed by atoms with Crippen LogP contribution in [0.1, 0.15) is 5.56 Å². The molecule has 8 heteroatoms. The zero-order valence-corrected chi connectivity index (χ0v) is 10.0. The van der Waals surface area contributed by atoms with E-state index in [9.17, 15) is 26.3 Å². The van der Waals surface area contributed by atoms with E-state index < -0.39 is 46.2 Å². The number of nitriles is 1. The van der Waals surface area contributed by atoms with E-state index in [1.165, 1.54) is 0 Å². The lowest BCUT2D eigenvalue weighted by Gasteiger charge is -2.09. The minimum Gasteiger partial charge on any atom is -0.253 e. The van der Waals surface area contributed by atoms with Crippen molar-refractivity contribution in [3.8, 4) is 17.3 Å². The molecule has 0 spiro atoms. The molecule has 21 heavy (non-hydrogen) atoms. The monoisotopic (exact) mass is 302 g/mol.